The number of amides is 1. The first-order chi connectivity index (χ1) is 13.5. The molecule has 0 radical (unpaired) electrons. The number of nitrogens with two attached hydrogens (primary N) is 1. The molecule has 0 aliphatic heterocycles. The summed E-state index contributed by atoms with van der Waals surface area (Å²) < 4.78 is 38.4. The maximum Gasteiger partial charge on any atom is 0.417 e. The molecule has 1 unspecified atom stereocenters. The van der Waals surface area contributed by atoms with Gasteiger partial charge in [0.15, 0.2) is 0 Å². The van der Waals surface area contributed by atoms with Gasteiger partial charge in [-0.2, -0.15) is 13.2 Å². The molecule has 2 aromatic rings. The molecule has 2 aromatic carbocycles. The molecule has 1 atom stereocenters. The quantitative estimate of drug-likeness (QED) is 0.699. The van der Waals surface area contributed by atoms with Gasteiger partial charge in [0.25, 0.3) is 0 Å². The van der Waals surface area contributed by atoms with Gasteiger partial charge in [0, 0.05) is 0 Å². The Morgan fingerprint density at radius 3 is 2.03 bits per heavy atom. The summed E-state index contributed by atoms with van der Waals surface area (Å²) in [5.74, 6) is -5.66. The number of rotatable bonds is 6. The zero-order valence-electron chi connectivity index (χ0n) is 16.0. The minimum absolute atomic E-state index is 0.561. The Labute approximate surface area is 166 Å². The smallest absolute Gasteiger partial charge is 0.417 e. The van der Waals surface area contributed by atoms with Crippen molar-refractivity contribution in [3.8, 4) is 0 Å². The van der Waals surface area contributed by atoms with Gasteiger partial charge in [-0.1, -0.05) is 55.8 Å². The first-order valence-electron chi connectivity index (χ1n) is 8.77. The number of carbonyl (C=O) groups excluding carboxylic acids is 2. The Morgan fingerprint density at radius 2 is 1.62 bits per heavy atom. The van der Waals surface area contributed by atoms with Gasteiger partial charge < -0.3 is 10.8 Å². The van der Waals surface area contributed by atoms with Crippen LogP contribution in [0.25, 0.3) is 0 Å². The first kappa shape index (κ1) is 23.9. The van der Waals surface area contributed by atoms with Crippen molar-refractivity contribution in [1.82, 2.24) is 0 Å². The summed E-state index contributed by atoms with van der Waals surface area (Å²) in [5.41, 5.74) is 3.27. The van der Waals surface area contributed by atoms with Crippen LogP contribution in [0.3, 0.4) is 0 Å². The van der Waals surface area contributed by atoms with Crippen molar-refractivity contribution >= 4 is 17.7 Å². The molecule has 0 spiro atoms. The van der Waals surface area contributed by atoms with Crippen LogP contribution >= 0.6 is 0 Å². The molecule has 156 valence electrons. The maximum absolute atomic E-state index is 12.8. The number of carboxylic acids is 1. The van der Waals surface area contributed by atoms with Crippen molar-refractivity contribution in [3.05, 3.63) is 70.8 Å². The van der Waals surface area contributed by atoms with E-state index >= 15 is 0 Å². The van der Waals surface area contributed by atoms with Gasteiger partial charge in [-0.15, -0.1) is 0 Å². The van der Waals surface area contributed by atoms with Crippen LogP contribution in [-0.4, -0.2) is 22.8 Å². The Hall–Kier alpha value is -3.16. The van der Waals surface area contributed by atoms with Crippen LogP contribution in [0.2, 0.25) is 0 Å². The van der Waals surface area contributed by atoms with E-state index in [0.29, 0.717) is 6.07 Å². The number of alkyl halides is 3. The molecule has 1 amide bonds. The van der Waals surface area contributed by atoms with Crippen molar-refractivity contribution < 1.29 is 32.7 Å². The number of aryl methyl sites for hydroxylation is 1. The molecule has 0 aromatic heterocycles. The molecule has 0 heterocycles. The van der Waals surface area contributed by atoms with E-state index in [1.165, 1.54) is 18.4 Å². The standard InChI is InChI=1S/C12H10F3NO4.C9H12/c1-5(17)8(10(16)18)6-3-2-4-7(12(13,14)15)9(6)11(19)20;1-2-6-9-7-4-3-5-8-9/h2-4,8H,1H3,(H2,16,18)(H,19,20);3-5,7-8H,2,6H2,1H3. The number of halogens is 3. The predicted octanol–water partition coefficient (Wildman–Crippen LogP) is 4.20. The fraction of sp³-hybridized carbons (Fsp3) is 0.286. The number of carboxylic acid groups (broad SMARTS) is 1. The Morgan fingerprint density at radius 1 is 1.03 bits per heavy atom. The average molecular weight is 409 g/mol. The van der Waals surface area contributed by atoms with Crippen LogP contribution in [0.1, 0.15) is 53.2 Å². The van der Waals surface area contributed by atoms with Gasteiger partial charge in [-0.05, 0) is 30.5 Å². The second-order valence-corrected chi connectivity index (χ2v) is 6.25. The lowest BCUT2D eigenvalue weighted by atomic mass is 9.88. The highest BCUT2D eigenvalue weighted by molar-refractivity contribution is 6.07. The molecule has 8 heteroatoms. The predicted molar refractivity (Wildman–Crippen MR) is 101 cm³/mol. The van der Waals surface area contributed by atoms with E-state index in [9.17, 15) is 27.6 Å². The summed E-state index contributed by atoms with van der Waals surface area (Å²) >= 11 is 0. The van der Waals surface area contributed by atoms with Crippen LogP contribution in [0.15, 0.2) is 48.5 Å². The second-order valence-electron chi connectivity index (χ2n) is 6.25. The summed E-state index contributed by atoms with van der Waals surface area (Å²) in [7, 11) is 0. The topological polar surface area (TPSA) is 97.5 Å². The van der Waals surface area contributed by atoms with Crippen LogP contribution in [0.4, 0.5) is 13.2 Å². The van der Waals surface area contributed by atoms with Gasteiger partial charge in [-0.3, -0.25) is 9.59 Å². The highest BCUT2D eigenvalue weighted by Crippen LogP contribution is 2.35. The summed E-state index contributed by atoms with van der Waals surface area (Å²) in [6.07, 6.45) is -2.48. The second kappa shape index (κ2) is 10.4. The molecule has 0 aliphatic carbocycles. The first-order valence-corrected chi connectivity index (χ1v) is 8.77. The third-order valence-corrected chi connectivity index (χ3v) is 4.00. The van der Waals surface area contributed by atoms with E-state index in [0.717, 1.165) is 19.1 Å². The number of carbonyl (C=O) groups is 3. The summed E-state index contributed by atoms with van der Waals surface area (Å²) in [4.78, 5) is 33.6. The number of hydrogen-bond acceptors (Lipinski definition) is 3. The van der Waals surface area contributed by atoms with Crippen molar-refractivity contribution in [2.24, 2.45) is 5.73 Å². The molecular weight excluding hydrogens is 387 g/mol. The van der Waals surface area contributed by atoms with Crippen LogP contribution in [0, 0.1) is 0 Å². The molecule has 3 N–H and O–H groups in total. The number of Topliss-reactive ketones (excluding diaryl/α,β-unsaturated/α-hetero) is 1. The lowest BCUT2D eigenvalue weighted by Crippen LogP contribution is -2.29. The Bertz CT molecular complexity index is 850. The summed E-state index contributed by atoms with van der Waals surface area (Å²) in [5, 5.41) is 8.96. The third kappa shape index (κ3) is 6.74. The molecular formula is C21H22F3NO4. The van der Waals surface area contributed by atoms with Gasteiger partial charge in [0.1, 0.15) is 11.7 Å². The van der Waals surface area contributed by atoms with E-state index in [2.05, 4.69) is 37.3 Å². The zero-order chi connectivity index (χ0) is 22.2. The van der Waals surface area contributed by atoms with Gasteiger partial charge in [0.05, 0.1) is 11.1 Å². The van der Waals surface area contributed by atoms with E-state index in [4.69, 9.17) is 10.8 Å². The van der Waals surface area contributed by atoms with Gasteiger partial charge in [-0.25, -0.2) is 4.79 Å². The highest BCUT2D eigenvalue weighted by atomic mass is 19.4. The number of benzene rings is 2. The van der Waals surface area contributed by atoms with E-state index in [1.807, 2.05) is 0 Å². The molecule has 0 saturated carbocycles. The SMILES string of the molecule is CC(=O)C(C(N)=O)c1cccc(C(F)(F)F)c1C(=O)O.CCCc1ccccc1. The Kier molecular flexibility index (Phi) is 8.57. The lowest BCUT2D eigenvalue weighted by molar-refractivity contribution is -0.138. The fourth-order valence-corrected chi connectivity index (χ4v) is 2.79. The van der Waals surface area contributed by atoms with Crippen molar-refractivity contribution in [2.75, 3.05) is 0 Å². The maximum atomic E-state index is 12.8. The van der Waals surface area contributed by atoms with Crippen LogP contribution in [-0.2, 0) is 22.2 Å². The van der Waals surface area contributed by atoms with Gasteiger partial charge in [0.2, 0.25) is 5.91 Å². The minimum atomic E-state index is -4.93. The lowest BCUT2D eigenvalue weighted by Gasteiger charge is -2.17. The van der Waals surface area contributed by atoms with Crippen LogP contribution in [0.5, 0.6) is 0 Å². The normalized spacial score (nSPS) is 11.8. The fourth-order valence-electron chi connectivity index (χ4n) is 2.79. The minimum Gasteiger partial charge on any atom is -0.478 e. The molecule has 2 rings (SSSR count). The highest BCUT2D eigenvalue weighted by Gasteiger charge is 2.39. The largest absolute Gasteiger partial charge is 0.478 e. The van der Waals surface area contributed by atoms with Crippen molar-refractivity contribution in [3.63, 3.8) is 0 Å². The molecule has 0 aliphatic rings. The van der Waals surface area contributed by atoms with E-state index in [-0.39, 0.29) is 0 Å². The average Bonchev–Trinajstić information content (AvgIpc) is 2.62. The third-order valence-electron chi connectivity index (χ3n) is 4.00. The number of ketones is 1. The molecule has 29 heavy (non-hydrogen) atoms. The van der Waals surface area contributed by atoms with Crippen molar-refractivity contribution in [2.45, 2.75) is 38.8 Å². The Balaban J connectivity index is 0.000000387. The molecule has 0 bridgehead atoms. The van der Waals surface area contributed by atoms with Gasteiger partial charge >= 0.3 is 12.1 Å². The monoisotopic (exact) mass is 409 g/mol. The molecule has 0 fully saturated rings. The van der Waals surface area contributed by atoms with Crippen molar-refractivity contribution in [1.29, 1.82) is 0 Å². The number of aromatic carboxylic acids is 1. The zero-order valence-corrected chi connectivity index (χ0v) is 16.0. The van der Waals surface area contributed by atoms with Crippen LogP contribution < -0.4 is 5.73 Å². The summed E-state index contributed by atoms with van der Waals surface area (Å²) in [6, 6.07) is 13.0. The number of hydrogen-bond donors (Lipinski definition) is 2. The molecule has 5 nitrogen and oxygen atoms in total. The van der Waals surface area contributed by atoms with E-state index < -0.39 is 46.4 Å². The van der Waals surface area contributed by atoms with E-state index in [1.54, 1.807) is 0 Å². The molecule has 0 saturated heterocycles. The summed E-state index contributed by atoms with van der Waals surface area (Å²) in [6.45, 7) is 3.15. The number of primary amides is 1.